The second-order valence-corrected chi connectivity index (χ2v) is 12.8. The maximum absolute atomic E-state index is 12.4. The lowest BCUT2D eigenvalue weighted by atomic mass is 10.3. The molecule has 2 aromatic carbocycles. The minimum Gasteiger partial charge on any atom is -0.492 e. The lowest BCUT2D eigenvalue weighted by Crippen LogP contribution is -2.15. The van der Waals surface area contributed by atoms with Gasteiger partial charge in [-0.2, -0.15) is 26.6 Å². The van der Waals surface area contributed by atoms with Crippen molar-refractivity contribution in [2.24, 2.45) is 10.2 Å². The summed E-state index contributed by atoms with van der Waals surface area (Å²) < 4.78 is 97.4. The average molecular weight is 635 g/mol. The Morgan fingerprint density at radius 3 is 2.33 bits per heavy atom. The van der Waals surface area contributed by atoms with Gasteiger partial charge in [0.05, 0.1) is 40.7 Å². The number of nitrogens with zero attached hydrogens (tertiary/aromatic N) is 4. The van der Waals surface area contributed by atoms with E-state index in [-0.39, 0.29) is 32.5 Å². The molecule has 16 nitrogen and oxygen atoms in total. The SMILES string of the molecule is C#COOSc1ccc(N=Nc2c(C)nn(-c3ccc(S(=O)(=O)CCOS(=O)(=O)O)cc3)c2O)c(S(=O)(=O)O)c1. The second-order valence-electron chi connectivity index (χ2n) is 7.39. The lowest BCUT2D eigenvalue weighted by Gasteiger charge is -2.07. The number of aryl methyl sites for hydroxylation is 1. The van der Waals surface area contributed by atoms with Gasteiger partial charge in [0, 0.05) is 4.90 Å². The molecule has 0 saturated heterocycles. The van der Waals surface area contributed by atoms with Gasteiger partial charge in [-0.05, 0) is 49.4 Å². The molecule has 0 atom stereocenters. The highest BCUT2D eigenvalue weighted by molar-refractivity contribution is 7.94. The third-order valence-corrected chi connectivity index (χ3v) is 8.33. The van der Waals surface area contributed by atoms with Crippen molar-refractivity contribution in [1.29, 1.82) is 0 Å². The molecule has 214 valence electrons. The molecule has 3 rings (SSSR count). The van der Waals surface area contributed by atoms with Gasteiger partial charge in [0.2, 0.25) is 5.88 Å². The normalized spacial score (nSPS) is 12.4. The van der Waals surface area contributed by atoms with Crippen molar-refractivity contribution in [2.75, 3.05) is 12.4 Å². The average Bonchev–Trinajstić information content (AvgIpc) is 3.14. The first-order chi connectivity index (χ1) is 18.6. The minimum absolute atomic E-state index is 0.153. The topological polar surface area (TPSA) is 233 Å². The van der Waals surface area contributed by atoms with Gasteiger partial charge in [-0.3, -0.25) is 14.0 Å². The molecule has 0 spiro atoms. The molecule has 0 aliphatic heterocycles. The van der Waals surface area contributed by atoms with E-state index in [0.29, 0.717) is 12.0 Å². The number of rotatable bonds is 12. The molecular weight excluding hydrogens is 617 g/mol. The summed E-state index contributed by atoms with van der Waals surface area (Å²) in [7, 11) is -13.5. The molecule has 0 amide bonds. The predicted molar refractivity (Wildman–Crippen MR) is 137 cm³/mol. The molecule has 0 saturated carbocycles. The maximum atomic E-state index is 12.4. The summed E-state index contributed by atoms with van der Waals surface area (Å²) in [6.45, 7) is 0.663. The van der Waals surface area contributed by atoms with Crippen molar-refractivity contribution in [3.63, 3.8) is 0 Å². The van der Waals surface area contributed by atoms with Crippen molar-refractivity contribution >= 4 is 53.8 Å². The van der Waals surface area contributed by atoms with E-state index in [0.717, 1.165) is 10.7 Å². The molecule has 0 aliphatic carbocycles. The van der Waals surface area contributed by atoms with Crippen LogP contribution in [0.2, 0.25) is 0 Å². The first-order valence-electron chi connectivity index (χ1n) is 10.3. The molecule has 1 aromatic heterocycles. The number of hydrogen-bond acceptors (Lipinski definition) is 14. The van der Waals surface area contributed by atoms with Crippen LogP contribution in [0.15, 0.2) is 67.4 Å². The Balaban J connectivity index is 1.86. The van der Waals surface area contributed by atoms with Crippen LogP contribution in [0.4, 0.5) is 11.4 Å². The summed E-state index contributed by atoms with van der Waals surface area (Å²) in [6.07, 6.45) is 6.62. The van der Waals surface area contributed by atoms with Gasteiger partial charge in [-0.25, -0.2) is 12.6 Å². The molecule has 0 unspecified atom stereocenters. The molecule has 3 aromatic rings. The molecule has 0 fully saturated rings. The highest BCUT2D eigenvalue weighted by atomic mass is 32.3. The molecule has 3 N–H and O–H groups in total. The Labute approximate surface area is 232 Å². The van der Waals surface area contributed by atoms with Crippen molar-refractivity contribution in [3.8, 4) is 24.1 Å². The van der Waals surface area contributed by atoms with Gasteiger partial charge in [-0.1, -0.05) is 10.8 Å². The highest BCUT2D eigenvalue weighted by Crippen LogP contribution is 2.36. The number of sulfone groups is 1. The van der Waals surface area contributed by atoms with Crippen LogP contribution < -0.4 is 0 Å². The van der Waals surface area contributed by atoms with Crippen molar-refractivity contribution in [3.05, 3.63) is 48.2 Å². The van der Waals surface area contributed by atoms with Crippen molar-refractivity contribution < 1.29 is 52.9 Å². The summed E-state index contributed by atoms with van der Waals surface area (Å²) in [5.41, 5.74) is -0.0986. The zero-order valence-corrected chi connectivity index (χ0v) is 23.2. The summed E-state index contributed by atoms with van der Waals surface area (Å²) in [5.74, 6) is -1.27. The van der Waals surface area contributed by atoms with Crippen LogP contribution >= 0.6 is 12.0 Å². The van der Waals surface area contributed by atoms with Gasteiger partial charge in [0.25, 0.3) is 10.1 Å². The Morgan fingerprint density at radius 1 is 1.05 bits per heavy atom. The van der Waals surface area contributed by atoms with Gasteiger partial charge in [0.1, 0.15) is 10.6 Å². The molecule has 20 heteroatoms. The fourth-order valence-corrected chi connectivity index (χ4v) is 5.63. The Hall–Kier alpha value is -3.55. The number of hydrogen-bond donors (Lipinski definition) is 3. The zero-order chi connectivity index (χ0) is 29.7. The van der Waals surface area contributed by atoms with Gasteiger partial charge >= 0.3 is 10.4 Å². The highest BCUT2D eigenvalue weighted by Gasteiger charge is 2.21. The predicted octanol–water partition coefficient (Wildman–Crippen LogP) is 2.69. The second kappa shape index (κ2) is 12.3. The minimum atomic E-state index is -4.80. The third kappa shape index (κ3) is 7.99. The molecular formula is C20H18N4O12S4. The van der Waals surface area contributed by atoms with E-state index in [4.69, 9.17) is 11.0 Å². The molecule has 0 aliphatic rings. The lowest BCUT2D eigenvalue weighted by molar-refractivity contribution is -0.113. The van der Waals surface area contributed by atoms with Crippen molar-refractivity contribution in [2.45, 2.75) is 21.6 Å². The zero-order valence-electron chi connectivity index (χ0n) is 20.0. The number of terminal acetylenes is 1. The largest absolute Gasteiger partial charge is 0.492 e. The van der Waals surface area contributed by atoms with E-state index in [1.807, 2.05) is 0 Å². The summed E-state index contributed by atoms with van der Waals surface area (Å²) >= 11 is 0.567. The van der Waals surface area contributed by atoms with Gasteiger partial charge < -0.3 is 5.11 Å². The van der Waals surface area contributed by atoms with Crippen molar-refractivity contribution in [1.82, 2.24) is 9.78 Å². The molecule has 1 heterocycles. The maximum Gasteiger partial charge on any atom is 0.397 e. The van der Waals surface area contributed by atoms with E-state index >= 15 is 0 Å². The van der Waals surface area contributed by atoms with E-state index in [9.17, 15) is 34.9 Å². The van der Waals surface area contributed by atoms with Crippen LogP contribution in [0, 0.1) is 19.5 Å². The van der Waals surface area contributed by atoms with Crippen LogP contribution in [0.3, 0.4) is 0 Å². The van der Waals surface area contributed by atoms with E-state index in [1.54, 1.807) is 6.11 Å². The molecule has 40 heavy (non-hydrogen) atoms. The van der Waals surface area contributed by atoms with Gasteiger partial charge in [0.15, 0.2) is 21.6 Å². The Morgan fingerprint density at radius 2 is 1.73 bits per heavy atom. The Kier molecular flexibility index (Phi) is 9.54. The van der Waals surface area contributed by atoms with Crippen LogP contribution in [0.5, 0.6) is 5.88 Å². The van der Waals surface area contributed by atoms with Crippen LogP contribution in [-0.4, -0.2) is 61.6 Å². The number of benzene rings is 2. The standard InChI is InChI=1S/C20H18N4O12S4/c1-3-34-36-37-15-6-9-17(18(12-15)39(28,29)30)21-22-19-13(2)23-24(20(19)25)14-4-7-16(8-5-14)38(26,27)11-10-35-40(31,32)33/h1,4-9,12,25H,10-11H2,2H3,(H,28,29,30)(H,31,32,33). The third-order valence-electron chi connectivity index (χ3n) is 4.71. The first kappa shape index (κ1) is 31.0. The summed E-state index contributed by atoms with van der Waals surface area (Å²) in [6, 6.07) is 8.52. The van der Waals surface area contributed by atoms with Gasteiger partial charge in [-0.15, -0.1) is 10.2 Å². The monoisotopic (exact) mass is 634 g/mol. The van der Waals surface area contributed by atoms with Crippen LogP contribution in [0.1, 0.15) is 5.69 Å². The summed E-state index contributed by atoms with van der Waals surface area (Å²) in [5, 5.41) is 22.5. The van der Waals surface area contributed by atoms with Crippen LogP contribution in [0.25, 0.3) is 5.69 Å². The smallest absolute Gasteiger partial charge is 0.397 e. The van der Waals surface area contributed by atoms with E-state index in [2.05, 4.69) is 28.7 Å². The molecule has 0 radical (unpaired) electrons. The fraction of sp³-hybridized carbons (Fsp3) is 0.150. The first-order valence-corrected chi connectivity index (χ1v) is 15.5. The number of aromatic hydroxyl groups is 1. The molecule has 0 bridgehead atoms. The Bertz CT molecular complexity index is 1790. The quantitative estimate of drug-likeness (QED) is 0.0494. The number of azo groups is 1. The fourth-order valence-electron chi connectivity index (χ4n) is 2.98. The van der Waals surface area contributed by atoms with E-state index < -0.39 is 53.5 Å². The summed E-state index contributed by atoms with van der Waals surface area (Å²) in [4.78, 5) is 3.60. The van der Waals surface area contributed by atoms with Crippen LogP contribution in [-0.2, 0) is 43.8 Å². The number of aromatic nitrogens is 2. The van der Waals surface area contributed by atoms with E-state index in [1.165, 1.54) is 43.3 Å².